The van der Waals surface area contributed by atoms with Gasteiger partial charge in [-0.3, -0.25) is 4.98 Å². The fourth-order valence-electron chi connectivity index (χ4n) is 2.40. The first kappa shape index (κ1) is 12.7. The third-order valence-electron chi connectivity index (χ3n) is 3.31. The molecule has 2 heterocycles. The molecule has 0 bridgehead atoms. The van der Waals surface area contributed by atoms with Gasteiger partial charge in [-0.2, -0.15) is 0 Å². The molecule has 3 rings (SSSR count). The van der Waals surface area contributed by atoms with E-state index in [4.69, 9.17) is 4.74 Å². The predicted molar refractivity (Wildman–Crippen MR) is 76.5 cm³/mol. The van der Waals surface area contributed by atoms with E-state index in [2.05, 4.69) is 4.98 Å². The summed E-state index contributed by atoms with van der Waals surface area (Å²) >= 11 is 0. The lowest BCUT2D eigenvalue weighted by molar-refractivity contribution is 0.413. The maximum Gasteiger partial charge on any atom is 0.132 e. The number of aryl methyl sites for hydroxylation is 1. The first-order chi connectivity index (χ1) is 9.67. The van der Waals surface area contributed by atoms with Crippen molar-refractivity contribution in [1.82, 2.24) is 9.55 Å². The summed E-state index contributed by atoms with van der Waals surface area (Å²) < 4.78 is 20.9. The van der Waals surface area contributed by atoms with Gasteiger partial charge in [0.25, 0.3) is 0 Å². The summed E-state index contributed by atoms with van der Waals surface area (Å²) in [5.74, 6) is 0.589. The molecule has 0 radical (unpaired) electrons. The molecule has 0 saturated carbocycles. The van der Waals surface area contributed by atoms with Crippen molar-refractivity contribution in [3.8, 4) is 5.75 Å². The maximum absolute atomic E-state index is 13.7. The monoisotopic (exact) mass is 270 g/mol. The molecule has 20 heavy (non-hydrogen) atoms. The minimum Gasteiger partial charge on any atom is -0.497 e. The molecule has 0 spiro atoms. The largest absolute Gasteiger partial charge is 0.497 e. The summed E-state index contributed by atoms with van der Waals surface area (Å²) in [6.45, 7) is 2.52. The number of halogens is 1. The summed E-state index contributed by atoms with van der Waals surface area (Å²) in [5.41, 5.74) is 2.66. The number of rotatable bonds is 3. The van der Waals surface area contributed by atoms with Gasteiger partial charge in [0.05, 0.1) is 24.9 Å². The molecule has 0 amide bonds. The average Bonchev–Trinajstić information content (AvgIpc) is 2.83. The lowest BCUT2D eigenvalue weighted by Crippen LogP contribution is -2.02. The first-order valence-corrected chi connectivity index (χ1v) is 6.42. The molecule has 4 heteroatoms. The topological polar surface area (TPSA) is 27.1 Å². The van der Waals surface area contributed by atoms with E-state index in [1.807, 2.05) is 35.9 Å². The van der Waals surface area contributed by atoms with Crippen LogP contribution in [0.3, 0.4) is 0 Å². The van der Waals surface area contributed by atoms with Crippen molar-refractivity contribution in [2.75, 3.05) is 7.11 Å². The lowest BCUT2D eigenvalue weighted by Gasteiger charge is -2.08. The molecule has 2 aromatic heterocycles. The molecular formula is C16H15FN2O. The van der Waals surface area contributed by atoms with Gasteiger partial charge in [0.2, 0.25) is 0 Å². The number of fused-ring (bicyclic) bond motifs is 1. The normalized spacial score (nSPS) is 10.9. The molecule has 102 valence electrons. The van der Waals surface area contributed by atoms with E-state index in [1.54, 1.807) is 19.2 Å². The summed E-state index contributed by atoms with van der Waals surface area (Å²) in [4.78, 5) is 4.49. The highest BCUT2D eigenvalue weighted by Gasteiger charge is 2.07. The van der Waals surface area contributed by atoms with Gasteiger partial charge in [-0.15, -0.1) is 0 Å². The highest BCUT2D eigenvalue weighted by atomic mass is 19.1. The van der Waals surface area contributed by atoms with Crippen LogP contribution in [0.5, 0.6) is 5.75 Å². The van der Waals surface area contributed by atoms with Crippen molar-refractivity contribution < 1.29 is 9.13 Å². The zero-order valence-corrected chi connectivity index (χ0v) is 11.4. The highest BCUT2D eigenvalue weighted by Crippen LogP contribution is 2.21. The van der Waals surface area contributed by atoms with Crippen LogP contribution >= 0.6 is 0 Å². The van der Waals surface area contributed by atoms with Crippen molar-refractivity contribution in [2.24, 2.45) is 0 Å². The highest BCUT2D eigenvalue weighted by molar-refractivity contribution is 5.80. The molecule has 0 N–H and O–H groups in total. The number of hydrogen-bond acceptors (Lipinski definition) is 2. The summed E-state index contributed by atoms with van der Waals surface area (Å²) in [7, 11) is 1.64. The van der Waals surface area contributed by atoms with Crippen molar-refractivity contribution in [2.45, 2.75) is 13.5 Å². The van der Waals surface area contributed by atoms with Crippen LogP contribution in [0.2, 0.25) is 0 Å². The molecule has 3 nitrogen and oxygen atoms in total. The number of ether oxygens (including phenoxy) is 1. The van der Waals surface area contributed by atoms with E-state index >= 15 is 0 Å². The van der Waals surface area contributed by atoms with Gasteiger partial charge in [-0.05, 0) is 25.1 Å². The number of methoxy groups -OCH3 is 1. The second-order valence-corrected chi connectivity index (χ2v) is 4.76. The Morgan fingerprint density at radius 2 is 2.10 bits per heavy atom. The Labute approximate surface area is 116 Å². The maximum atomic E-state index is 13.7. The average molecular weight is 270 g/mol. The quantitative estimate of drug-likeness (QED) is 0.728. The molecule has 0 atom stereocenters. The molecule has 0 unspecified atom stereocenters. The SMILES string of the molecule is COc1cc(C)nc(Cn2ccc3c(F)cccc32)c1. The van der Waals surface area contributed by atoms with Crippen molar-refractivity contribution in [3.63, 3.8) is 0 Å². The van der Waals surface area contributed by atoms with E-state index in [1.165, 1.54) is 6.07 Å². The Hall–Kier alpha value is -2.36. The van der Waals surface area contributed by atoms with Crippen LogP contribution in [0.25, 0.3) is 10.9 Å². The van der Waals surface area contributed by atoms with Crippen LogP contribution in [-0.2, 0) is 6.54 Å². The summed E-state index contributed by atoms with van der Waals surface area (Å²) in [6.07, 6.45) is 1.88. The van der Waals surface area contributed by atoms with Crippen LogP contribution in [0.1, 0.15) is 11.4 Å². The minimum absolute atomic E-state index is 0.198. The number of nitrogens with zero attached hydrogens (tertiary/aromatic N) is 2. The molecule has 3 aromatic rings. The predicted octanol–water partition coefficient (Wildman–Crippen LogP) is 3.54. The van der Waals surface area contributed by atoms with Crippen LogP contribution in [-0.4, -0.2) is 16.7 Å². The van der Waals surface area contributed by atoms with Crippen LogP contribution in [0, 0.1) is 12.7 Å². The van der Waals surface area contributed by atoms with Crippen molar-refractivity contribution in [3.05, 3.63) is 59.8 Å². The summed E-state index contributed by atoms with van der Waals surface area (Å²) in [6, 6.07) is 10.7. The molecule has 1 aromatic carbocycles. The third kappa shape index (κ3) is 2.25. The number of pyridine rings is 1. The standard InChI is InChI=1S/C16H15FN2O/c1-11-8-13(20-2)9-12(18-11)10-19-7-6-14-15(17)4-3-5-16(14)19/h3-9H,10H2,1-2H3. The Morgan fingerprint density at radius 1 is 1.25 bits per heavy atom. The number of benzene rings is 1. The molecular weight excluding hydrogens is 255 g/mol. The van der Waals surface area contributed by atoms with Crippen molar-refractivity contribution in [1.29, 1.82) is 0 Å². The fourth-order valence-corrected chi connectivity index (χ4v) is 2.40. The van der Waals surface area contributed by atoms with Gasteiger partial charge >= 0.3 is 0 Å². The third-order valence-corrected chi connectivity index (χ3v) is 3.31. The van der Waals surface area contributed by atoms with Crippen LogP contribution in [0.4, 0.5) is 4.39 Å². The van der Waals surface area contributed by atoms with E-state index in [9.17, 15) is 4.39 Å². The van der Waals surface area contributed by atoms with E-state index in [0.717, 1.165) is 22.7 Å². The van der Waals surface area contributed by atoms with E-state index in [-0.39, 0.29) is 5.82 Å². The number of aromatic nitrogens is 2. The second kappa shape index (κ2) is 4.96. The zero-order valence-electron chi connectivity index (χ0n) is 11.4. The smallest absolute Gasteiger partial charge is 0.132 e. The Bertz CT molecular complexity index is 764. The van der Waals surface area contributed by atoms with Crippen LogP contribution in [0.15, 0.2) is 42.6 Å². The Balaban J connectivity index is 2.01. The minimum atomic E-state index is -0.198. The van der Waals surface area contributed by atoms with Gasteiger partial charge in [-0.25, -0.2) is 4.39 Å². The van der Waals surface area contributed by atoms with Gasteiger partial charge in [0.1, 0.15) is 11.6 Å². The second-order valence-electron chi connectivity index (χ2n) is 4.76. The number of hydrogen-bond donors (Lipinski definition) is 0. The molecule has 0 aliphatic heterocycles. The van der Waals surface area contributed by atoms with Gasteiger partial charge in [0.15, 0.2) is 0 Å². The lowest BCUT2D eigenvalue weighted by atomic mass is 10.2. The molecule has 0 aliphatic rings. The molecule has 0 saturated heterocycles. The Morgan fingerprint density at radius 3 is 2.90 bits per heavy atom. The summed E-state index contributed by atoms with van der Waals surface area (Å²) in [5, 5.41) is 0.632. The van der Waals surface area contributed by atoms with Crippen molar-refractivity contribution >= 4 is 10.9 Å². The van der Waals surface area contributed by atoms with Crippen LogP contribution < -0.4 is 4.74 Å². The first-order valence-electron chi connectivity index (χ1n) is 6.42. The van der Waals surface area contributed by atoms with Gasteiger partial charge in [-0.1, -0.05) is 6.07 Å². The molecule has 0 aliphatic carbocycles. The molecule has 0 fully saturated rings. The van der Waals surface area contributed by atoms with Gasteiger partial charge in [0, 0.05) is 29.4 Å². The van der Waals surface area contributed by atoms with E-state index in [0.29, 0.717) is 11.9 Å². The zero-order chi connectivity index (χ0) is 14.1. The fraction of sp³-hybridized carbons (Fsp3) is 0.188. The van der Waals surface area contributed by atoms with E-state index < -0.39 is 0 Å². The Kier molecular flexibility index (Phi) is 3.14. The van der Waals surface area contributed by atoms with Gasteiger partial charge < -0.3 is 9.30 Å².